The first-order valence-corrected chi connectivity index (χ1v) is 5.28. The van der Waals surface area contributed by atoms with Crippen LogP contribution in [0, 0.1) is 12.8 Å². The van der Waals surface area contributed by atoms with E-state index in [-0.39, 0.29) is 18.3 Å². The lowest BCUT2D eigenvalue weighted by molar-refractivity contribution is -0.125. The van der Waals surface area contributed by atoms with Crippen LogP contribution in [0.5, 0.6) is 0 Å². The molecule has 16 heavy (non-hydrogen) atoms. The summed E-state index contributed by atoms with van der Waals surface area (Å²) in [6.45, 7) is 5.25. The van der Waals surface area contributed by atoms with Gasteiger partial charge in [-0.25, -0.2) is 4.79 Å². The van der Waals surface area contributed by atoms with Crippen molar-refractivity contribution < 1.29 is 14.3 Å². The molecule has 0 aliphatic carbocycles. The predicted octanol–water partition coefficient (Wildman–Crippen LogP) is 2.38. The van der Waals surface area contributed by atoms with Crippen LogP contribution >= 0.6 is 0 Å². The van der Waals surface area contributed by atoms with E-state index in [1.54, 1.807) is 26.0 Å². The molecule has 0 amide bonds. The van der Waals surface area contributed by atoms with Gasteiger partial charge in [0.1, 0.15) is 0 Å². The summed E-state index contributed by atoms with van der Waals surface area (Å²) in [4.78, 5) is 22.9. The predicted molar refractivity (Wildman–Crippen MR) is 61.3 cm³/mol. The number of ether oxygens (including phenoxy) is 1. The minimum absolute atomic E-state index is 0.0677. The number of esters is 1. The highest BCUT2D eigenvalue weighted by molar-refractivity contribution is 5.93. The first-order valence-electron chi connectivity index (χ1n) is 5.28. The van der Waals surface area contributed by atoms with Gasteiger partial charge >= 0.3 is 5.97 Å². The van der Waals surface area contributed by atoms with E-state index in [9.17, 15) is 9.59 Å². The zero-order valence-corrected chi connectivity index (χ0v) is 9.82. The molecule has 0 radical (unpaired) electrons. The van der Waals surface area contributed by atoms with Crippen molar-refractivity contribution in [2.75, 3.05) is 6.61 Å². The van der Waals surface area contributed by atoms with E-state index in [0.717, 1.165) is 5.56 Å². The standard InChI is InChI=1S/C13H16O3/c1-9(2)12(14)8-16-13(15)11-7-5-4-6-10(11)3/h4-7,9H,8H2,1-3H3. The average molecular weight is 220 g/mol. The maximum atomic E-state index is 11.6. The lowest BCUT2D eigenvalue weighted by Gasteiger charge is -2.07. The molecule has 0 N–H and O–H groups in total. The normalized spacial score (nSPS) is 10.2. The van der Waals surface area contributed by atoms with Gasteiger partial charge in [-0.15, -0.1) is 0 Å². The molecular formula is C13H16O3. The number of ketones is 1. The van der Waals surface area contributed by atoms with E-state index in [1.165, 1.54) is 0 Å². The largest absolute Gasteiger partial charge is 0.454 e. The second-order valence-corrected chi connectivity index (χ2v) is 4.01. The van der Waals surface area contributed by atoms with Crippen LogP contribution in [0.2, 0.25) is 0 Å². The maximum absolute atomic E-state index is 11.6. The van der Waals surface area contributed by atoms with Crippen molar-refractivity contribution in [1.29, 1.82) is 0 Å². The van der Waals surface area contributed by atoms with Gasteiger partial charge in [-0.05, 0) is 18.6 Å². The highest BCUT2D eigenvalue weighted by Crippen LogP contribution is 2.08. The van der Waals surface area contributed by atoms with Crippen molar-refractivity contribution in [3.8, 4) is 0 Å². The van der Waals surface area contributed by atoms with Crippen LogP contribution in [0.15, 0.2) is 24.3 Å². The number of rotatable bonds is 4. The Bertz CT molecular complexity index is 394. The van der Waals surface area contributed by atoms with E-state index in [1.807, 2.05) is 19.1 Å². The van der Waals surface area contributed by atoms with Crippen molar-refractivity contribution in [2.24, 2.45) is 5.92 Å². The van der Waals surface area contributed by atoms with Crippen molar-refractivity contribution in [2.45, 2.75) is 20.8 Å². The second kappa shape index (κ2) is 5.45. The summed E-state index contributed by atoms with van der Waals surface area (Å²) < 4.78 is 4.94. The van der Waals surface area contributed by atoms with Gasteiger partial charge in [0.2, 0.25) is 0 Å². The number of benzene rings is 1. The Hall–Kier alpha value is -1.64. The number of aryl methyl sites for hydroxylation is 1. The molecule has 0 fully saturated rings. The molecule has 0 aliphatic heterocycles. The highest BCUT2D eigenvalue weighted by Gasteiger charge is 2.13. The molecular weight excluding hydrogens is 204 g/mol. The SMILES string of the molecule is Cc1ccccc1C(=O)OCC(=O)C(C)C. The molecule has 0 aromatic heterocycles. The molecule has 0 saturated carbocycles. The number of Topliss-reactive ketones (excluding diaryl/α,β-unsaturated/α-hetero) is 1. The lowest BCUT2D eigenvalue weighted by Crippen LogP contribution is -2.18. The Labute approximate surface area is 95.4 Å². The van der Waals surface area contributed by atoms with Crippen LogP contribution in [-0.4, -0.2) is 18.4 Å². The van der Waals surface area contributed by atoms with Crippen LogP contribution < -0.4 is 0 Å². The molecule has 0 heterocycles. The van der Waals surface area contributed by atoms with Crippen molar-refractivity contribution in [3.63, 3.8) is 0 Å². The van der Waals surface area contributed by atoms with E-state index in [4.69, 9.17) is 4.74 Å². The molecule has 0 bridgehead atoms. The van der Waals surface area contributed by atoms with Crippen LogP contribution in [-0.2, 0) is 9.53 Å². The van der Waals surface area contributed by atoms with Crippen LogP contribution in [0.25, 0.3) is 0 Å². The average Bonchev–Trinajstić information content (AvgIpc) is 2.25. The van der Waals surface area contributed by atoms with Gasteiger partial charge in [-0.1, -0.05) is 32.0 Å². The Morgan fingerprint density at radius 3 is 2.44 bits per heavy atom. The highest BCUT2D eigenvalue weighted by atomic mass is 16.5. The number of carbonyl (C=O) groups excluding carboxylic acids is 2. The molecule has 1 aromatic rings. The minimum Gasteiger partial charge on any atom is -0.454 e. The van der Waals surface area contributed by atoms with Crippen molar-refractivity contribution in [1.82, 2.24) is 0 Å². The summed E-state index contributed by atoms with van der Waals surface area (Å²) >= 11 is 0. The van der Waals surface area contributed by atoms with E-state index in [0.29, 0.717) is 5.56 Å². The van der Waals surface area contributed by atoms with E-state index in [2.05, 4.69) is 0 Å². The number of carbonyl (C=O) groups is 2. The zero-order valence-electron chi connectivity index (χ0n) is 9.82. The molecule has 3 heteroatoms. The smallest absolute Gasteiger partial charge is 0.338 e. The van der Waals surface area contributed by atoms with E-state index >= 15 is 0 Å². The summed E-state index contributed by atoms with van der Waals surface area (Å²) in [6.07, 6.45) is 0. The summed E-state index contributed by atoms with van der Waals surface area (Å²) in [5, 5.41) is 0. The number of hydrogen-bond donors (Lipinski definition) is 0. The Kier molecular flexibility index (Phi) is 4.23. The summed E-state index contributed by atoms with van der Waals surface area (Å²) in [5.41, 5.74) is 1.36. The fourth-order valence-electron chi connectivity index (χ4n) is 1.18. The third kappa shape index (κ3) is 3.19. The third-order valence-electron chi connectivity index (χ3n) is 2.35. The van der Waals surface area contributed by atoms with Gasteiger partial charge < -0.3 is 4.74 Å². The van der Waals surface area contributed by atoms with Gasteiger partial charge in [0.05, 0.1) is 5.56 Å². The van der Waals surface area contributed by atoms with E-state index < -0.39 is 5.97 Å². The minimum atomic E-state index is -0.438. The zero-order chi connectivity index (χ0) is 12.1. The Balaban J connectivity index is 2.60. The van der Waals surface area contributed by atoms with Crippen LogP contribution in [0.3, 0.4) is 0 Å². The van der Waals surface area contributed by atoms with Crippen LogP contribution in [0.1, 0.15) is 29.8 Å². The fourth-order valence-corrected chi connectivity index (χ4v) is 1.18. The molecule has 3 nitrogen and oxygen atoms in total. The first kappa shape index (κ1) is 12.4. The topological polar surface area (TPSA) is 43.4 Å². The Morgan fingerprint density at radius 1 is 1.25 bits per heavy atom. The second-order valence-electron chi connectivity index (χ2n) is 4.01. The van der Waals surface area contributed by atoms with Crippen LogP contribution in [0.4, 0.5) is 0 Å². The fraction of sp³-hybridized carbons (Fsp3) is 0.385. The van der Waals surface area contributed by atoms with Crippen molar-refractivity contribution in [3.05, 3.63) is 35.4 Å². The molecule has 0 unspecified atom stereocenters. The quantitative estimate of drug-likeness (QED) is 0.732. The lowest BCUT2D eigenvalue weighted by atomic mass is 10.1. The third-order valence-corrected chi connectivity index (χ3v) is 2.35. The molecule has 1 rings (SSSR count). The molecule has 0 saturated heterocycles. The molecule has 1 aromatic carbocycles. The van der Waals surface area contributed by atoms with Crippen molar-refractivity contribution >= 4 is 11.8 Å². The monoisotopic (exact) mass is 220 g/mol. The molecule has 0 aliphatic rings. The van der Waals surface area contributed by atoms with Gasteiger partial charge in [-0.3, -0.25) is 4.79 Å². The number of hydrogen-bond acceptors (Lipinski definition) is 3. The van der Waals surface area contributed by atoms with Gasteiger partial charge in [-0.2, -0.15) is 0 Å². The molecule has 0 atom stereocenters. The van der Waals surface area contributed by atoms with Gasteiger partial charge in [0, 0.05) is 5.92 Å². The summed E-state index contributed by atoms with van der Waals surface area (Å²) in [7, 11) is 0. The Morgan fingerprint density at radius 2 is 1.88 bits per heavy atom. The molecule has 86 valence electrons. The molecule has 0 spiro atoms. The van der Waals surface area contributed by atoms with Gasteiger partial charge in [0.15, 0.2) is 12.4 Å². The first-order chi connectivity index (χ1) is 7.52. The maximum Gasteiger partial charge on any atom is 0.338 e. The summed E-state index contributed by atoms with van der Waals surface area (Å²) in [6, 6.07) is 7.15. The van der Waals surface area contributed by atoms with Gasteiger partial charge in [0.25, 0.3) is 0 Å². The summed E-state index contributed by atoms with van der Waals surface area (Å²) in [5.74, 6) is -0.612.